The molecule has 0 aliphatic rings. The Morgan fingerprint density at radius 3 is 2.23 bits per heavy atom. The molecule has 0 spiro atoms. The molecule has 0 radical (unpaired) electrons. The fraction of sp³-hybridized carbons (Fsp3) is 0.500. The number of rotatable bonds is 12. The van der Waals surface area contributed by atoms with Gasteiger partial charge in [-0.05, 0) is 25.3 Å². The summed E-state index contributed by atoms with van der Waals surface area (Å²) in [5, 5.41) is 16.5. The van der Waals surface area contributed by atoms with Gasteiger partial charge in [-0.3, -0.25) is 19.2 Å². The van der Waals surface area contributed by atoms with Gasteiger partial charge in [-0.25, -0.2) is 4.79 Å². The highest BCUT2D eigenvalue weighted by molar-refractivity contribution is 6.36. The Morgan fingerprint density at radius 1 is 1.06 bits per heavy atom. The number of carboxylic acid groups (broad SMARTS) is 1. The molecule has 0 fully saturated rings. The van der Waals surface area contributed by atoms with Gasteiger partial charge in [-0.15, -0.1) is 0 Å². The van der Waals surface area contributed by atoms with Crippen LogP contribution in [0.1, 0.15) is 46.1 Å². The number of ketones is 1. The van der Waals surface area contributed by atoms with E-state index in [0.717, 1.165) is 5.56 Å². The molecule has 170 valence electrons. The zero-order chi connectivity index (χ0) is 23.6. The van der Waals surface area contributed by atoms with Crippen LogP contribution < -0.4 is 16.0 Å². The molecule has 2 unspecified atom stereocenters. The first-order chi connectivity index (χ1) is 14.5. The minimum absolute atomic E-state index is 0.00976. The molecule has 0 aliphatic heterocycles. The number of hydrogen-bond acceptors (Lipinski definition) is 5. The molecule has 4 N–H and O–H groups in total. The van der Waals surface area contributed by atoms with Crippen molar-refractivity contribution in [2.75, 3.05) is 6.54 Å². The zero-order valence-electron chi connectivity index (χ0n) is 18.4. The van der Waals surface area contributed by atoms with E-state index < -0.39 is 35.1 Å². The summed E-state index contributed by atoms with van der Waals surface area (Å²) in [7, 11) is 0. The van der Waals surface area contributed by atoms with Crippen molar-refractivity contribution in [2.45, 2.75) is 58.5 Å². The van der Waals surface area contributed by atoms with Crippen LogP contribution in [0.4, 0.5) is 0 Å². The maximum absolute atomic E-state index is 12.5. The van der Waals surface area contributed by atoms with Crippen LogP contribution in [0.25, 0.3) is 0 Å². The standard InChI is InChI=1S/C22H31N3O6/c1-5-14(2)18(20(29)25-22(3,4)21(30)31)24-19(28)16(26)11-12-23-17(27)13-15-9-7-6-8-10-15/h6-10,14,18H,5,11-13H2,1-4H3,(H,23,27)(H,24,28)(H,25,29)(H,30,31). The fourth-order valence-corrected chi connectivity index (χ4v) is 2.64. The smallest absolute Gasteiger partial charge is 0.328 e. The molecule has 9 nitrogen and oxygen atoms in total. The van der Waals surface area contributed by atoms with Crippen molar-refractivity contribution >= 4 is 29.5 Å². The van der Waals surface area contributed by atoms with Crippen LogP contribution in [-0.2, 0) is 30.4 Å². The molecule has 2 atom stereocenters. The van der Waals surface area contributed by atoms with Crippen LogP contribution in [0, 0.1) is 5.92 Å². The monoisotopic (exact) mass is 433 g/mol. The number of aliphatic carboxylic acids is 1. The van der Waals surface area contributed by atoms with Crippen molar-refractivity contribution in [1.29, 1.82) is 0 Å². The zero-order valence-corrected chi connectivity index (χ0v) is 18.4. The van der Waals surface area contributed by atoms with Gasteiger partial charge < -0.3 is 21.1 Å². The van der Waals surface area contributed by atoms with Crippen LogP contribution in [0.2, 0.25) is 0 Å². The van der Waals surface area contributed by atoms with E-state index in [1.54, 1.807) is 6.92 Å². The van der Waals surface area contributed by atoms with E-state index in [9.17, 15) is 29.1 Å². The lowest BCUT2D eigenvalue weighted by Gasteiger charge is -2.28. The third-order valence-corrected chi connectivity index (χ3v) is 4.89. The van der Waals surface area contributed by atoms with Gasteiger partial charge in [0, 0.05) is 13.0 Å². The third kappa shape index (κ3) is 8.57. The first kappa shape index (κ1) is 25.8. The molecule has 0 saturated carbocycles. The largest absolute Gasteiger partial charge is 0.480 e. The first-order valence-corrected chi connectivity index (χ1v) is 10.2. The molecule has 1 aromatic rings. The van der Waals surface area contributed by atoms with Gasteiger partial charge in [0.25, 0.3) is 5.91 Å². The van der Waals surface area contributed by atoms with E-state index in [-0.39, 0.29) is 31.2 Å². The SMILES string of the molecule is CCC(C)C(NC(=O)C(=O)CCNC(=O)Cc1ccccc1)C(=O)NC(C)(C)C(=O)O. The Balaban J connectivity index is 2.59. The summed E-state index contributed by atoms with van der Waals surface area (Å²) in [6.07, 6.45) is 0.467. The predicted molar refractivity (Wildman–Crippen MR) is 114 cm³/mol. The van der Waals surface area contributed by atoms with E-state index in [1.807, 2.05) is 37.3 Å². The Kier molecular flexibility index (Phi) is 9.85. The molecule has 0 aromatic heterocycles. The molecule has 3 amide bonds. The second-order valence-electron chi connectivity index (χ2n) is 7.94. The number of carboxylic acids is 1. The fourth-order valence-electron chi connectivity index (χ4n) is 2.64. The van der Waals surface area contributed by atoms with Gasteiger partial charge in [-0.2, -0.15) is 0 Å². The molecule has 9 heteroatoms. The normalized spacial score (nSPS) is 12.9. The Bertz CT molecular complexity index is 807. The van der Waals surface area contributed by atoms with Gasteiger partial charge in [0.1, 0.15) is 11.6 Å². The van der Waals surface area contributed by atoms with Crippen molar-refractivity contribution in [3.8, 4) is 0 Å². The third-order valence-electron chi connectivity index (χ3n) is 4.89. The highest BCUT2D eigenvalue weighted by Gasteiger charge is 2.35. The van der Waals surface area contributed by atoms with E-state index >= 15 is 0 Å². The summed E-state index contributed by atoms with van der Waals surface area (Å²) in [5.74, 6) is -4.24. The van der Waals surface area contributed by atoms with E-state index in [0.29, 0.717) is 6.42 Å². The molecule has 1 rings (SSSR count). The summed E-state index contributed by atoms with van der Waals surface area (Å²) in [6.45, 7) is 6.16. The minimum Gasteiger partial charge on any atom is -0.480 e. The average Bonchev–Trinajstić information content (AvgIpc) is 2.71. The lowest BCUT2D eigenvalue weighted by molar-refractivity contribution is -0.147. The highest BCUT2D eigenvalue weighted by Crippen LogP contribution is 2.11. The van der Waals surface area contributed by atoms with Crippen LogP contribution in [0.15, 0.2) is 30.3 Å². The van der Waals surface area contributed by atoms with Crippen molar-refractivity contribution in [3.63, 3.8) is 0 Å². The summed E-state index contributed by atoms with van der Waals surface area (Å²) < 4.78 is 0. The second-order valence-corrected chi connectivity index (χ2v) is 7.94. The van der Waals surface area contributed by atoms with Gasteiger partial charge in [-0.1, -0.05) is 50.6 Å². The summed E-state index contributed by atoms with van der Waals surface area (Å²) >= 11 is 0. The second kappa shape index (κ2) is 11.8. The quantitative estimate of drug-likeness (QED) is 0.360. The minimum atomic E-state index is -1.53. The van der Waals surface area contributed by atoms with Crippen molar-refractivity contribution in [2.24, 2.45) is 5.92 Å². The van der Waals surface area contributed by atoms with Crippen molar-refractivity contribution < 1.29 is 29.1 Å². The topological polar surface area (TPSA) is 142 Å². The Labute approximate surface area is 182 Å². The number of benzene rings is 1. The molecule has 0 bridgehead atoms. The maximum atomic E-state index is 12.5. The lowest BCUT2D eigenvalue weighted by Crippen LogP contribution is -2.58. The van der Waals surface area contributed by atoms with Gasteiger partial charge in [0.15, 0.2) is 0 Å². The van der Waals surface area contributed by atoms with Gasteiger partial charge >= 0.3 is 5.97 Å². The number of carbonyl (C=O) groups is 5. The van der Waals surface area contributed by atoms with Crippen LogP contribution >= 0.6 is 0 Å². The molecule has 0 aliphatic carbocycles. The van der Waals surface area contributed by atoms with Gasteiger partial charge in [0.05, 0.1) is 6.42 Å². The molecule has 0 heterocycles. The van der Waals surface area contributed by atoms with Crippen LogP contribution in [-0.4, -0.2) is 52.7 Å². The van der Waals surface area contributed by atoms with E-state index in [4.69, 9.17) is 0 Å². The molecule has 31 heavy (non-hydrogen) atoms. The summed E-state index contributed by atoms with van der Waals surface area (Å²) in [5.41, 5.74) is -0.698. The first-order valence-electron chi connectivity index (χ1n) is 10.2. The molecular formula is C22H31N3O6. The molecular weight excluding hydrogens is 402 g/mol. The van der Waals surface area contributed by atoms with Crippen molar-refractivity contribution in [1.82, 2.24) is 16.0 Å². The van der Waals surface area contributed by atoms with Crippen LogP contribution in [0.5, 0.6) is 0 Å². The number of amides is 3. The number of nitrogens with one attached hydrogen (secondary N) is 3. The maximum Gasteiger partial charge on any atom is 0.328 e. The van der Waals surface area contributed by atoms with Crippen molar-refractivity contribution in [3.05, 3.63) is 35.9 Å². The predicted octanol–water partition coefficient (Wildman–Crippen LogP) is 0.815. The average molecular weight is 434 g/mol. The van der Waals surface area contributed by atoms with E-state index in [1.165, 1.54) is 13.8 Å². The summed E-state index contributed by atoms with van der Waals surface area (Å²) in [6, 6.07) is 8.03. The Morgan fingerprint density at radius 2 is 1.68 bits per heavy atom. The lowest BCUT2D eigenvalue weighted by atomic mass is 9.96. The number of carbonyl (C=O) groups excluding carboxylic acids is 4. The highest BCUT2D eigenvalue weighted by atomic mass is 16.4. The van der Waals surface area contributed by atoms with E-state index in [2.05, 4.69) is 16.0 Å². The number of hydrogen-bond donors (Lipinski definition) is 4. The Hall–Kier alpha value is -3.23. The molecule has 0 saturated heterocycles. The summed E-state index contributed by atoms with van der Waals surface area (Å²) in [4.78, 5) is 60.1. The molecule has 1 aromatic carbocycles. The van der Waals surface area contributed by atoms with Gasteiger partial charge in [0.2, 0.25) is 17.6 Å². The van der Waals surface area contributed by atoms with Crippen LogP contribution in [0.3, 0.4) is 0 Å². The number of Topliss-reactive ketones (excluding diaryl/α,β-unsaturated/α-hetero) is 1.